The third-order valence-corrected chi connectivity index (χ3v) is 5.63. The van der Waals surface area contributed by atoms with Crippen molar-refractivity contribution in [3.63, 3.8) is 0 Å². The summed E-state index contributed by atoms with van der Waals surface area (Å²) < 4.78 is 4.97. The molecule has 0 saturated heterocycles. The second-order valence-electron chi connectivity index (χ2n) is 6.84. The second kappa shape index (κ2) is 6.48. The van der Waals surface area contributed by atoms with Crippen LogP contribution in [0, 0.1) is 5.92 Å². The highest BCUT2D eigenvalue weighted by Crippen LogP contribution is 2.44. The molecule has 1 aromatic carbocycles. The van der Waals surface area contributed by atoms with Crippen molar-refractivity contribution in [1.82, 2.24) is 9.88 Å². The largest absolute Gasteiger partial charge is 0.466 e. The maximum Gasteiger partial charge on any atom is 0.335 e. The molecule has 2 aliphatic rings. The Labute approximate surface area is 152 Å². The molecule has 0 saturated carbocycles. The molecule has 5 nitrogen and oxygen atoms in total. The van der Waals surface area contributed by atoms with Gasteiger partial charge in [0.25, 0.3) is 0 Å². The lowest BCUT2D eigenvalue weighted by molar-refractivity contribution is -0.137. The summed E-state index contributed by atoms with van der Waals surface area (Å²) in [6, 6.07) is 8.47. The third-order valence-electron chi connectivity index (χ3n) is 5.63. The summed E-state index contributed by atoms with van der Waals surface area (Å²) in [4.78, 5) is 29.7. The van der Waals surface area contributed by atoms with E-state index in [9.17, 15) is 9.59 Å². The Morgan fingerprint density at radius 1 is 1.35 bits per heavy atom. The topological polar surface area (TPSA) is 62.4 Å². The molecule has 0 unspecified atom stereocenters. The van der Waals surface area contributed by atoms with Crippen LogP contribution in [-0.2, 0) is 20.7 Å². The molecule has 134 valence electrons. The third kappa shape index (κ3) is 2.46. The minimum Gasteiger partial charge on any atom is -0.466 e. The van der Waals surface area contributed by atoms with Crippen LogP contribution in [0.2, 0.25) is 0 Å². The van der Waals surface area contributed by atoms with Gasteiger partial charge < -0.3 is 14.6 Å². The van der Waals surface area contributed by atoms with Crippen LogP contribution in [0.25, 0.3) is 10.9 Å². The van der Waals surface area contributed by atoms with Crippen LogP contribution in [0.4, 0.5) is 0 Å². The number of aldehydes is 1. The van der Waals surface area contributed by atoms with Crippen LogP contribution in [0.1, 0.15) is 30.6 Å². The Morgan fingerprint density at radius 3 is 2.88 bits per heavy atom. The molecular formula is C21H22N2O3. The highest BCUT2D eigenvalue weighted by molar-refractivity contribution is 5.92. The number of hydrogen-bond donors (Lipinski definition) is 1. The first-order valence-electron chi connectivity index (χ1n) is 8.94. The molecule has 2 aromatic rings. The average molecular weight is 350 g/mol. The number of carbonyl (C=O) groups excluding carboxylic acids is 2. The minimum atomic E-state index is -0.364. The van der Waals surface area contributed by atoms with Gasteiger partial charge in [-0.2, -0.15) is 0 Å². The second-order valence-corrected chi connectivity index (χ2v) is 6.84. The number of H-pyrrole nitrogens is 1. The molecule has 0 aliphatic carbocycles. The molecule has 26 heavy (non-hydrogen) atoms. The Kier molecular flexibility index (Phi) is 4.15. The van der Waals surface area contributed by atoms with Gasteiger partial charge in [-0.3, -0.25) is 4.79 Å². The van der Waals surface area contributed by atoms with Crippen molar-refractivity contribution in [3.05, 3.63) is 58.9 Å². The van der Waals surface area contributed by atoms with Crippen molar-refractivity contribution in [3.8, 4) is 0 Å². The standard InChI is InChI=1S/C21H22N2O3/c1-3-13(12-24)16-10-19-20-15(14-6-4-5-7-18(14)22-20)8-9-23(19)11-17(16)21(25)26-2/h3-7,11-12,16,19,22H,8-10H2,1-2H3/t16-,19-/m0/s1. The van der Waals surface area contributed by atoms with Crippen LogP contribution in [-0.4, -0.2) is 35.8 Å². The molecule has 0 spiro atoms. The number of carbonyl (C=O) groups is 2. The molecular weight excluding hydrogens is 328 g/mol. The summed E-state index contributed by atoms with van der Waals surface area (Å²) in [5, 5.41) is 1.27. The van der Waals surface area contributed by atoms with Gasteiger partial charge in [-0.15, -0.1) is 0 Å². The van der Waals surface area contributed by atoms with Gasteiger partial charge in [0.1, 0.15) is 6.29 Å². The Hall–Kier alpha value is -2.82. The van der Waals surface area contributed by atoms with E-state index in [1.54, 1.807) is 6.08 Å². The van der Waals surface area contributed by atoms with E-state index in [1.165, 1.54) is 23.8 Å². The normalized spacial score (nSPS) is 22.5. The van der Waals surface area contributed by atoms with Gasteiger partial charge in [-0.05, 0) is 37.0 Å². The van der Waals surface area contributed by atoms with Crippen LogP contribution in [0.15, 0.2) is 47.7 Å². The average Bonchev–Trinajstić information content (AvgIpc) is 3.07. The lowest BCUT2D eigenvalue weighted by Gasteiger charge is -2.41. The fourth-order valence-electron chi connectivity index (χ4n) is 4.34. The van der Waals surface area contributed by atoms with E-state index < -0.39 is 0 Å². The zero-order valence-electron chi connectivity index (χ0n) is 15.0. The Bertz CT molecular complexity index is 938. The van der Waals surface area contributed by atoms with Crippen LogP contribution >= 0.6 is 0 Å². The molecule has 1 aromatic heterocycles. The minimum absolute atomic E-state index is 0.124. The summed E-state index contributed by atoms with van der Waals surface area (Å²) >= 11 is 0. The monoisotopic (exact) mass is 350 g/mol. The van der Waals surface area contributed by atoms with Gasteiger partial charge in [0.15, 0.2) is 0 Å². The molecule has 0 fully saturated rings. The summed E-state index contributed by atoms with van der Waals surface area (Å²) in [6.07, 6.45) is 6.14. The zero-order chi connectivity index (χ0) is 18.3. The van der Waals surface area contributed by atoms with Gasteiger partial charge in [0.2, 0.25) is 0 Å². The van der Waals surface area contributed by atoms with E-state index >= 15 is 0 Å². The molecule has 3 heterocycles. The maximum absolute atomic E-state index is 12.3. The van der Waals surface area contributed by atoms with Gasteiger partial charge in [0, 0.05) is 35.3 Å². The molecule has 0 radical (unpaired) electrons. The first-order chi connectivity index (χ1) is 12.7. The van der Waals surface area contributed by atoms with E-state index in [-0.39, 0.29) is 17.9 Å². The maximum atomic E-state index is 12.3. The highest BCUT2D eigenvalue weighted by Gasteiger charge is 2.39. The summed E-state index contributed by atoms with van der Waals surface area (Å²) in [5.74, 6) is -0.611. The van der Waals surface area contributed by atoms with E-state index in [4.69, 9.17) is 4.74 Å². The Balaban J connectivity index is 1.82. The quantitative estimate of drug-likeness (QED) is 0.524. The number of rotatable bonds is 3. The number of esters is 1. The van der Waals surface area contributed by atoms with Crippen molar-refractivity contribution in [1.29, 1.82) is 0 Å². The number of nitrogens with one attached hydrogen (secondary N) is 1. The molecule has 1 N–H and O–H groups in total. The highest BCUT2D eigenvalue weighted by atomic mass is 16.5. The van der Waals surface area contributed by atoms with Crippen molar-refractivity contribution < 1.29 is 14.3 Å². The fraction of sp³-hybridized carbons (Fsp3) is 0.333. The van der Waals surface area contributed by atoms with Crippen molar-refractivity contribution in [2.45, 2.75) is 25.8 Å². The van der Waals surface area contributed by atoms with Gasteiger partial charge in [0.05, 0.1) is 18.7 Å². The van der Waals surface area contributed by atoms with Gasteiger partial charge in [-0.25, -0.2) is 4.79 Å². The molecule has 4 rings (SSSR count). The lowest BCUT2D eigenvalue weighted by Crippen LogP contribution is -2.38. The number of fused-ring (bicyclic) bond motifs is 5. The lowest BCUT2D eigenvalue weighted by atomic mass is 9.80. The number of para-hydroxylation sites is 1. The van der Waals surface area contributed by atoms with E-state index in [1.807, 2.05) is 19.2 Å². The Morgan fingerprint density at radius 2 is 2.15 bits per heavy atom. The molecule has 2 atom stereocenters. The molecule has 0 amide bonds. The number of aromatic nitrogens is 1. The first kappa shape index (κ1) is 16.6. The molecule has 2 aliphatic heterocycles. The van der Waals surface area contributed by atoms with Crippen LogP contribution in [0.5, 0.6) is 0 Å². The summed E-state index contributed by atoms with van der Waals surface area (Å²) in [7, 11) is 1.38. The predicted molar refractivity (Wildman–Crippen MR) is 99.5 cm³/mol. The number of hydrogen-bond acceptors (Lipinski definition) is 4. The number of benzene rings is 1. The van der Waals surface area contributed by atoms with E-state index in [2.05, 4.69) is 28.1 Å². The fourth-order valence-corrected chi connectivity index (χ4v) is 4.34. The zero-order valence-corrected chi connectivity index (χ0v) is 15.0. The smallest absolute Gasteiger partial charge is 0.335 e. The summed E-state index contributed by atoms with van der Waals surface area (Å²) in [5.41, 5.74) is 4.88. The first-order valence-corrected chi connectivity index (χ1v) is 8.94. The molecule has 0 bridgehead atoms. The van der Waals surface area contributed by atoms with Crippen LogP contribution in [0.3, 0.4) is 0 Å². The van der Waals surface area contributed by atoms with Crippen molar-refractivity contribution >= 4 is 23.2 Å². The predicted octanol–water partition coefficient (Wildman–Crippen LogP) is 3.29. The number of aromatic amines is 1. The SMILES string of the molecule is CC=C(C=O)[C@@H]1C[C@H]2c3[nH]c4ccccc4c3CCN2C=C1C(=O)OC. The number of nitrogens with zero attached hydrogens (tertiary/aromatic N) is 1. The molecule has 5 heteroatoms. The number of allylic oxidation sites excluding steroid dienone is 2. The number of methoxy groups -OCH3 is 1. The van der Waals surface area contributed by atoms with Crippen molar-refractivity contribution in [2.75, 3.05) is 13.7 Å². The summed E-state index contributed by atoms with van der Waals surface area (Å²) in [6.45, 7) is 2.68. The van der Waals surface area contributed by atoms with Crippen LogP contribution < -0.4 is 0 Å². The van der Waals surface area contributed by atoms with Crippen molar-refractivity contribution in [2.24, 2.45) is 5.92 Å². The number of ether oxygens (including phenoxy) is 1. The van der Waals surface area contributed by atoms with E-state index in [0.29, 0.717) is 17.6 Å². The van der Waals surface area contributed by atoms with Gasteiger partial charge >= 0.3 is 5.97 Å². The van der Waals surface area contributed by atoms with E-state index in [0.717, 1.165) is 24.8 Å². The van der Waals surface area contributed by atoms with Gasteiger partial charge in [-0.1, -0.05) is 24.3 Å².